The summed E-state index contributed by atoms with van der Waals surface area (Å²) in [5, 5.41) is 9.71. The van der Waals surface area contributed by atoms with Gasteiger partial charge in [0, 0.05) is 12.4 Å². The third-order valence-electron chi connectivity index (χ3n) is 2.62. The molecule has 1 N–H and O–H groups in total. The van der Waals surface area contributed by atoms with Gasteiger partial charge < -0.3 is 9.67 Å². The monoisotopic (exact) mass is 258 g/mol. The van der Waals surface area contributed by atoms with Crippen LogP contribution < -0.4 is 0 Å². The highest BCUT2D eigenvalue weighted by Crippen LogP contribution is 2.34. The number of hydrogen-bond acceptors (Lipinski definition) is 2. The van der Waals surface area contributed by atoms with Gasteiger partial charge in [-0.05, 0) is 0 Å². The van der Waals surface area contributed by atoms with Crippen LogP contribution in [0.5, 0.6) is 0 Å². The quantitative estimate of drug-likeness (QED) is 0.842. The maximum absolute atomic E-state index is 10.1. The first-order valence-electron chi connectivity index (χ1n) is 4.96. The van der Waals surface area contributed by atoms with E-state index in [1.165, 1.54) is 0 Å². The van der Waals surface area contributed by atoms with Gasteiger partial charge in [0.05, 0.1) is 24.4 Å². The summed E-state index contributed by atoms with van der Waals surface area (Å²) in [7, 11) is 0. The summed E-state index contributed by atoms with van der Waals surface area (Å²) in [6.07, 6.45) is 11.4. The number of alkyl halides is 2. The first-order chi connectivity index (χ1) is 7.63. The van der Waals surface area contributed by atoms with Crippen LogP contribution in [0.2, 0.25) is 0 Å². The maximum atomic E-state index is 10.1. The fraction of sp³-hybridized carbons (Fsp3) is 0.364. The van der Waals surface area contributed by atoms with Crippen molar-refractivity contribution in [2.45, 2.75) is 22.9 Å². The highest BCUT2D eigenvalue weighted by Gasteiger charge is 2.40. The number of imidazole rings is 1. The van der Waals surface area contributed by atoms with Crippen LogP contribution >= 0.6 is 23.2 Å². The van der Waals surface area contributed by atoms with E-state index in [1.54, 1.807) is 41.5 Å². The smallest absolute Gasteiger partial charge is 0.110 e. The molecule has 0 saturated carbocycles. The lowest BCUT2D eigenvalue weighted by atomic mass is 9.93. The summed E-state index contributed by atoms with van der Waals surface area (Å²) in [5.41, 5.74) is 0. The molecule has 1 aromatic rings. The van der Waals surface area contributed by atoms with Crippen LogP contribution in [0.15, 0.2) is 43.0 Å². The zero-order valence-electron chi connectivity index (χ0n) is 8.50. The third kappa shape index (κ3) is 2.17. The summed E-state index contributed by atoms with van der Waals surface area (Å²) in [6.45, 7) is 0.366. The van der Waals surface area contributed by atoms with Crippen LogP contribution in [0.1, 0.15) is 0 Å². The Kier molecular flexibility index (Phi) is 3.38. The zero-order chi connectivity index (χ0) is 11.6. The van der Waals surface area contributed by atoms with Crippen molar-refractivity contribution in [1.82, 2.24) is 9.55 Å². The Hall–Kier alpha value is -0.770. The Morgan fingerprint density at radius 1 is 1.50 bits per heavy atom. The second-order valence-electron chi connectivity index (χ2n) is 3.75. The van der Waals surface area contributed by atoms with E-state index in [4.69, 9.17) is 23.2 Å². The van der Waals surface area contributed by atoms with Crippen molar-refractivity contribution in [3.8, 4) is 0 Å². The lowest BCUT2D eigenvalue weighted by Crippen LogP contribution is -2.45. The number of aliphatic hydroxyl groups excluding tert-OH is 1. The van der Waals surface area contributed by atoms with Crippen LogP contribution in [0.4, 0.5) is 0 Å². The number of halogens is 2. The van der Waals surface area contributed by atoms with Crippen molar-refractivity contribution < 1.29 is 5.11 Å². The van der Waals surface area contributed by atoms with Crippen molar-refractivity contribution in [1.29, 1.82) is 0 Å². The minimum absolute atomic E-state index is 0.366. The average Bonchev–Trinajstić information content (AvgIpc) is 2.75. The molecule has 5 heteroatoms. The van der Waals surface area contributed by atoms with Crippen molar-refractivity contribution in [2.24, 2.45) is 0 Å². The first-order valence-corrected chi connectivity index (χ1v) is 5.77. The lowest BCUT2D eigenvalue weighted by Gasteiger charge is -2.33. The lowest BCUT2D eigenvalue weighted by molar-refractivity contribution is 0.125. The molecule has 3 unspecified atom stereocenters. The van der Waals surface area contributed by atoms with Crippen LogP contribution in [0.25, 0.3) is 0 Å². The predicted molar refractivity (Wildman–Crippen MR) is 64.7 cm³/mol. The largest absolute Gasteiger partial charge is 0.389 e. The SMILES string of the molecule is OC(Cn1ccnc1)C1(Cl)C=CC=CC1Cl. The molecule has 1 aliphatic rings. The van der Waals surface area contributed by atoms with Gasteiger partial charge in [-0.3, -0.25) is 0 Å². The van der Waals surface area contributed by atoms with E-state index >= 15 is 0 Å². The molecule has 86 valence electrons. The third-order valence-corrected chi connectivity index (χ3v) is 3.85. The highest BCUT2D eigenvalue weighted by molar-refractivity contribution is 6.34. The molecule has 0 aliphatic heterocycles. The molecule has 0 saturated heterocycles. The molecule has 1 heterocycles. The van der Waals surface area contributed by atoms with E-state index in [9.17, 15) is 5.11 Å². The van der Waals surface area contributed by atoms with Crippen LogP contribution in [-0.2, 0) is 6.54 Å². The molecule has 0 fully saturated rings. The van der Waals surface area contributed by atoms with Gasteiger partial charge >= 0.3 is 0 Å². The van der Waals surface area contributed by atoms with Gasteiger partial charge in [0.1, 0.15) is 4.87 Å². The molecule has 0 aromatic carbocycles. The van der Waals surface area contributed by atoms with Gasteiger partial charge in [0.15, 0.2) is 0 Å². The van der Waals surface area contributed by atoms with Gasteiger partial charge in [-0.15, -0.1) is 23.2 Å². The first kappa shape index (κ1) is 11.7. The second-order valence-corrected chi connectivity index (χ2v) is 4.87. The van der Waals surface area contributed by atoms with E-state index in [0.29, 0.717) is 6.54 Å². The predicted octanol–water partition coefficient (Wildman–Crippen LogP) is 1.95. The molecule has 0 radical (unpaired) electrons. The Labute approximate surface area is 104 Å². The molecule has 0 spiro atoms. The summed E-state index contributed by atoms with van der Waals surface area (Å²) >= 11 is 12.4. The van der Waals surface area contributed by atoms with Crippen LogP contribution in [0, 0.1) is 0 Å². The zero-order valence-corrected chi connectivity index (χ0v) is 10.0. The molecular formula is C11H12Cl2N2O. The van der Waals surface area contributed by atoms with Crippen LogP contribution in [0.3, 0.4) is 0 Å². The molecule has 1 aliphatic carbocycles. The Bertz CT molecular complexity index is 402. The molecule has 16 heavy (non-hydrogen) atoms. The maximum Gasteiger partial charge on any atom is 0.110 e. The summed E-state index contributed by atoms with van der Waals surface area (Å²) in [4.78, 5) is 2.95. The molecule has 0 bridgehead atoms. The fourth-order valence-corrected chi connectivity index (χ4v) is 2.15. The minimum atomic E-state index is -0.958. The number of aromatic nitrogens is 2. The van der Waals surface area contributed by atoms with E-state index < -0.39 is 16.4 Å². The van der Waals surface area contributed by atoms with Gasteiger partial charge in [-0.1, -0.05) is 24.3 Å². The Morgan fingerprint density at radius 3 is 2.94 bits per heavy atom. The second kappa shape index (κ2) is 4.62. The molecule has 2 rings (SSSR count). The standard InChI is InChI=1S/C11H12Cl2N2O/c12-9-3-1-2-4-11(9,13)10(16)7-15-6-5-14-8-15/h1-6,8-10,16H,7H2. The van der Waals surface area contributed by atoms with Crippen molar-refractivity contribution in [2.75, 3.05) is 0 Å². The summed E-state index contributed by atoms with van der Waals surface area (Å²) in [5.74, 6) is 0. The molecule has 0 amide bonds. The number of rotatable bonds is 3. The van der Waals surface area contributed by atoms with E-state index in [1.807, 2.05) is 6.08 Å². The Balaban J connectivity index is 2.11. The minimum Gasteiger partial charge on any atom is -0.389 e. The van der Waals surface area contributed by atoms with Gasteiger partial charge in [-0.2, -0.15) is 0 Å². The highest BCUT2D eigenvalue weighted by atomic mass is 35.5. The van der Waals surface area contributed by atoms with E-state index in [-0.39, 0.29) is 0 Å². The number of nitrogens with zero attached hydrogens (tertiary/aromatic N) is 2. The van der Waals surface area contributed by atoms with E-state index in [2.05, 4.69) is 4.98 Å². The average molecular weight is 259 g/mol. The molecule has 3 nitrogen and oxygen atoms in total. The summed E-state index contributed by atoms with van der Waals surface area (Å²) < 4.78 is 1.77. The van der Waals surface area contributed by atoms with Gasteiger partial charge in [0.25, 0.3) is 0 Å². The number of aliphatic hydroxyl groups is 1. The normalized spacial score (nSPS) is 30.6. The molecule has 1 aromatic heterocycles. The van der Waals surface area contributed by atoms with Crippen molar-refractivity contribution >= 4 is 23.2 Å². The van der Waals surface area contributed by atoms with Gasteiger partial charge in [0.2, 0.25) is 0 Å². The fourth-order valence-electron chi connectivity index (χ4n) is 1.63. The van der Waals surface area contributed by atoms with Crippen molar-refractivity contribution in [3.05, 3.63) is 43.0 Å². The molecule has 3 atom stereocenters. The van der Waals surface area contributed by atoms with Crippen LogP contribution in [-0.4, -0.2) is 31.0 Å². The number of hydrogen-bond donors (Lipinski definition) is 1. The number of allylic oxidation sites excluding steroid dienone is 3. The summed E-state index contributed by atoms with van der Waals surface area (Å²) in [6, 6.07) is 0. The van der Waals surface area contributed by atoms with E-state index in [0.717, 1.165) is 0 Å². The Morgan fingerprint density at radius 2 is 2.31 bits per heavy atom. The van der Waals surface area contributed by atoms with Crippen molar-refractivity contribution in [3.63, 3.8) is 0 Å². The molecular weight excluding hydrogens is 247 g/mol. The van der Waals surface area contributed by atoms with Gasteiger partial charge in [-0.25, -0.2) is 4.98 Å². The topological polar surface area (TPSA) is 38.0 Å².